The number of aromatic nitrogens is 4. The fraction of sp³-hybridized carbons (Fsp3) is 0.0833. The second kappa shape index (κ2) is 7.89. The molecule has 5 heterocycles. The third-order valence-corrected chi connectivity index (χ3v) is 6.02. The van der Waals surface area contributed by atoms with Crippen LogP contribution < -0.4 is 0 Å². The molecule has 0 aliphatic carbocycles. The zero-order valence-corrected chi connectivity index (χ0v) is 16.6. The maximum Gasteiger partial charge on any atom is 0.0899 e. The molecule has 2 N–H and O–H groups in total. The van der Waals surface area contributed by atoms with E-state index in [-0.39, 0.29) is 0 Å². The number of rotatable bonds is 6. The van der Waals surface area contributed by atoms with Gasteiger partial charge in [0.2, 0.25) is 0 Å². The number of aromatic amines is 2. The molecule has 5 aromatic rings. The van der Waals surface area contributed by atoms with Crippen molar-refractivity contribution >= 4 is 11.3 Å². The summed E-state index contributed by atoms with van der Waals surface area (Å²) in [5.41, 5.74) is 6.63. The van der Waals surface area contributed by atoms with Crippen LogP contribution in [0.5, 0.6) is 0 Å². The van der Waals surface area contributed by atoms with Crippen molar-refractivity contribution in [2.45, 2.75) is 12.8 Å². The van der Waals surface area contributed by atoms with Crippen LogP contribution in [0.3, 0.4) is 0 Å². The van der Waals surface area contributed by atoms with Crippen molar-refractivity contribution in [2.75, 3.05) is 0 Å². The molecule has 29 heavy (non-hydrogen) atoms. The van der Waals surface area contributed by atoms with Crippen LogP contribution in [0.15, 0.2) is 85.5 Å². The summed E-state index contributed by atoms with van der Waals surface area (Å²) >= 11 is 1.86. The average Bonchev–Trinajstić information content (AvgIpc) is 3.52. The van der Waals surface area contributed by atoms with Gasteiger partial charge in [-0.3, -0.25) is 9.97 Å². The second-order valence-corrected chi connectivity index (χ2v) is 8.16. The number of nitrogens with zero attached hydrogens (tertiary/aromatic N) is 2. The number of hydrogen-bond acceptors (Lipinski definition) is 3. The molecule has 0 aliphatic heterocycles. The topological polar surface area (TPSA) is 57.4 Å². The van der Waals surface area contributed by atoms with Gasteiger partial charge in [-0.2, -0.15) is 0 Å². The zero-order chi connectivity index (χ0) is 19.5. The third-order valence-electron chi connectivity index (χ3n) is 4.94. The molecule has 0 radical (unpaired) electrons. The highest BCUT2D eigenvalue weighted by atomic mass is 32.1. The first-order valence-corrected chi connectivity index (χ1v) is 10.4. The Bertz CT molecular complexity index is 1110. The van der Waals surface area contributed by atoms with Crippen molar-refractivity contribution in [1.82, 2.24) is 19.9 Å². The van der Waals surface area contributed by atoms with Crippen LogP contribution in [-0.2, 0) is 12.8 Å². The van der Waals surface area contributed by atoms with E-state index in [1.54, 1.807) is 0 Å². The lowest BCUT2D eigenvalue weighted by Gasteiger charge is -2.06. The van der Waals surface area contributed by atoms with Crippen LogP contribution in [-0.4, -0.2) is 19.9 Å². The summed E-state index contributed by atoms with van der Waals surface area (Å²) in [7, 11) is 0. The molecule has 5 rings (SSSR count). The first-order chi connectivity index (χ1) is 14.4. The minimum atomic E-state index is 0.878. The Morgan fingerprint density at radius 2 is 1.14 bits per heavy atom. The van der Waals surface area contributed by atoms with Crippen molar-refractivity contribution in [3.8, 4) is 22.8 Å². The van der Waals surface area contributed by atoms with E-state index in [1.807, 2.05) is 60.4 Å². The maximum atomic E-state index is 4.59. The van der Waals surface area contributed by atoms with E-state index in [2.05, 4.69) is 56.3 Å². The fourth-order valence-electron chi connectivity index (χ4n) is 3.59. The van der Waals surface area contributed by atoms with Gasteiger partial charge in [0.1, 0.15) is 0 Å². The second-order valence-electron chi connectivity index (χ2n) is 6.91. The van der Waals surface area contributed by atoms with Crippen molar-refractivity contribution in [3.05, 3.63) is 106 Å². The molecule has 0 amide bonds. The summed E-state index contributed by atoms with van der Waals surface area (Å²) in [6, 6.07) is 20.9. The Kier molecular flexibility index (Phi) is 4.80. The Balaban J connectivity index is 1.38. The van der Waals surface area contributed by atoms with E-state index in [1.165, 1.54) is 20.9 Å². The predicted molar refractivity (Wildman–Crippen MR) is 118 cm³/mol. The molecule has 0 aliphatic rings. The minimum Gasteiger partial charge on any atom is -0.360 e. The fourth-order valence-corrected chi connectivity index (χ4v) is 4.65. The average molecular weight is 397 g/mol. The van der Waals surface area contributed by atoms with Crippen molar-refractivity contribution in [2.24, 2.45) is 0 Å². The first kappa shape index (κ1) is 17.6. The van der Waals surface area contributed by atoms with Gasteiger partial charge in [0.15, 0.2) is 0 Å². The molecule has 142 valence electrons. The van der Waals surface area contributed by atoms with E-state index in [0.29, 0.717) is 0 Å². The predicted octanol–water partition coefficient (Wildman–Crippen LogP) is 5.71. The molecule has 0 saturated heterocycles. The van der Waals surface area contributed by atoms with E-state index in [4.69, 9.17) is 0 Å². The van der Waals surface area contributed by atoms with Crippen LogP contribution in [0.2, 0.25) is 0 Å². The Hall–Kier alpha value is -3.44. The Morgan fingerprint density at radius 1 is 0.621 bits per heavy atom. The van der Waals surface area contributed by atoms with Crippen LogP contribution >= 0.6 is 11.3 Å². The van der Waals surface area contributed by atoms with Crippen LogP contribution in [0, 0.1) is 0 Å². The summed E-state index contributed by atoms with van der Waals surface area (Å²) < 4.78 is 0. The summed E-state index contributed by atoms with van der Waals surface area (Å²) in [5.74, 6) is 0. The highest BCUT2D eigenvalue weighted by Gasteiger charge is 2.12. The lowest BCUT2D eigenvalue weighted by Crippen LogP contribution is -1.94. The normalized spacial score (nSPS) is 11.0. The van der Waals surface area contributed by atoms with Crippen LogP contribution in [0.25, 0.3) is 22.8 Å². The molecule has 5 aromatic heterocycles. The summed E-state index contributed by atoms with van der Waals surface area (Å²) in [5, 5.41) is 0. The molecular weight excluding hydrogens is 376 g/mol. The lowest BCUT2D eigenvalue weighted by molar-refractivity contribution is 1.16. The van der Waals surface area contributed by atoms with Gasteiger partial charge in [0.25, 0.3) is 0 Å². The SMILES string of the molecule is c1c[nH]c(-c2ncccc2Cc2ccc(Cc3cccnc3-c3ccc[nH]3)s2)c1. The number of H-pyrrole nitrogens is 2. The van der Waals surface area contributed by atoms with E-state index in [9.17, 15) is 0 Å². The van der Waals surface area contributed by atoms with Gasteiger partial charge in [-0.05, 0) is 59.7 Å². The molecule has 0 aromatic carbocycles. The van der Waals surface area contributed by atoms with Gasteiger partial charge < -0.3 is 9.97 Å². The Morgan fingerprint density at radius 3 is 1.59 bits per heavy atom. The molecular formula is C24H20N4S. The van der Waals surface area contributed by atoms with E-state index < -0.39 is 0 Å². The largest absolute Gasteiger partial charge is 0.360 e. The van der Waals surface area contributed by atoms with Crippen LogP contribution in [0.1, 0.15) is 20.9 Å². The number of nitrogens with one attached hydrogen (secondary N) is 2. The molecule has 4 nitrogen and oxygen atoms in total. The van der Waals surface area contributed by atoms with Gasteiger partial charge in [0, 0.05) is 47.4 Å². The van der Waals surface area contributed by atoms with Gasteiger partial charge in [-0.15, -0.1) is 11.3 Å². The number of thiophene rings is 1. The summed E-state index contributed by atoms with van der Waals surface area (Å²) in [6.07, 6.45) is 9.33. The molecule has 0 unspecified atom stereocenters. The van der Waals surface area contributed by atoms with Crippen molar-refractivity contribution in [1.29, 1.82) is 0 Å². The molecule has 0 saturated carbocycles. The van der Waals surface area contributed by atoms with Crippen molar-refractivity contribution < 1.29 is 0 Å². The quantitative estimate of drug-likeness (QED) is 0.386. The number of pyridine rings is 2. The Labute approximate surface area is 173 Å². The third kappa shape index (κ3) is 3.77. The van der Waals surface area contributed by atoms with Gasteiger partial charge >= 0.3 is 0 Å². The standard InChI is InChI=1S/C24H20N4S/c1-5-17(23(27-13-1)21-7-3-11-25-21)15-19-9-10-20(29-19)16-18-6-2-14-28-24(18)22-8-4-12-26-22/h1-14,25-26H,15-16H2. The molecule has 0 spiro atoms. The zero-order valence-electron chi connectivity index (χ0n) is 15.8. The summed E-state index contributed by atoms with van der Waals surface area (Å²) in [4.78, 5) is 18.4. The molecule has 0 fully saturated rings. The van der Waals surface area contributed by atoms with Gasteiger partial charge in [0.05, 0.1) is 22.8 Å². The van der Waals surface area contributed by atoms with Gasteiger partial charge in [-0.1, -0.05) is 12.1 Å². The molecule has 0 bridgehead atoms. The highest BCUT2D eigenvalue weighted by Crippen LogP contribution is 2.28. The summed E-state index contributed by atoms with van der Waals surface area (Å²) in [6.45, 7) is 0. The molecule has 5 heteroatoms. The number of hydrogen-bond donors (Lipinski definition) is 2. The molecule has 0 atom stereocenters. The first-order valence-electron chi connectivity index (χ1n) is 9.60. The van der Waals surface area contributed by atoms with Crippen molar-refractivity contribution in [3.63, 3.8) is 0 Å². The van der Waals surface area contributed by atoms with E-state index >= 15 is 0 Å². The minimum absolute atomic E-state index is 0.878. The van der Waals surface area contributed by atoms with E-state index in [0.717, 1.165) is 35.6 Å². The monoisotopic (exact) mass is 396 g/mol. The van der Waals surface area contributed by atoms with Crippen LogP contribution in [0.4, 0.5) is 0 Å². The lowest BCUT2D eigenvalue weighted by atomic mass is 10.1. The smallest absolute Gasteiger partial charge is 0.0899 e. The highest BCUT2D eigenvalue weighted by molar-refractivity contribution is 7.12. The van der Waals surface area contributed by atoms with Gasteiger partial charge in [-0.25, -0.2) is 0 Å². The maximum absolute atomic E-state index is 4.59.